The zero-order valence-corrected chi connectivity index (χ0v) is 11.9. The smallest absolute Gasteiger partial charge is 0.391 e. The van der Waals surface area contributed by atoms with Crippen LogP contribution in [0.3, 0.4) is 0 Å². The Morgan fingerprint density at radius 3 is 2.52 bits per heavy atom. The zero-order chi connectivity index (χ0) is 16.2. The van der Waals surface area contributed by atoms with Crippen molar-refractivity contribution in [3.8, 4) is 0 Å². The number of carboxylic acid groups (broad SMARTS) is 1. The molecule has 6 nitrogen and oxygen atoms in total. The zero-order valence-electron chi connectivity index (χ0n) is 10.4. The van der Waals surface area contributed by atoms with Gasteiger partial charge in [0.1, 0.15) is 12.6 Å². The first-order valence-electron chi connectivity index (χ1n) is 5.53. The molecule has 1 aromatic heterocycles. The number of carbonyl (C=O) groups is 2. The molecular formula is C11H10BrF3N2O4. The van der Waals surface area contributed by atoms with E-state index in [1.807, 2.05) is 0 Å². The summed E-state index contributed by atoms with van der Waals surface area (Å²) in [6.45, 7) is -0.583. The molecule has 1 heterocycles. The van der Waals surface area contributed by atoms with Gasteiger partial charge in [0, 0.05) is 16.7 Å². The minimum absolute atomic E-state index is 0.486. The molecule has 0 aromatic carbocycles. The Labute approximate surface area is 124 Å². The fourth-order valence-corrected chi connectivity index (χ4v) is 1.83. The van der Waals surface area contributed by atoms with Crippen molar-refractivity contribution in [2.75, 3.05) is 0 Å². The monoisotopic (exact) mass is 370 g/mol. The highest BCUT2D eigenvalue weighted by Gasteiger charge is 2.36. The maximum atomic E-state index is 12.2. The van der Waals surface area contributed by atoms with Gasteiger partial charge in [-0.25, -0.2) is 4.79 Å². The molecule has 0 saturated heterocycles. The molecule has 0 fully saturated rings. The molecule has 1 amide bonds. The Hall–Kier alpha value is -1.84. The summed E-state index contributed by atoms with van der Waals surface area (Å²) in [7, 11) is 0. The highest BCUT2D eigenvalue weighted by molar-refractivity contribution is 9.10. The number of nitrogens with zero attached hydrogens (tertiary/aromatic N) is 1. The van der Waals surface area contributed by atoms with Crippen molar-refractivity contribution in [3.63, 3.8) is 0 Å². The van der Waals surface area contributed by atoms with Crippen LogP contribution in [-0.4, -0.2) is 33.8 Å². The average Bonchev–Trinajstić information content (AvgIpc) is 2.31. The van der Waals surface area contributed by atoms with Crippen LogP contribution in [0, 0.1) is 0 Å². The summed E-state index contributed by atoms with van der Waals surface area (Å²) in [6.07, 6.45) is -5.16. The third-order valence-corrected chi connectivity index (χ3v) is 2.80. The molecule has 0 saturated carbocycles. The van der Waals surface area contributed by atoms with Gasteiger partial charge in [-0.1, -0.05) is 0 Å². The van der Waals surface area contributed by atoms with E-state index in [2.05, 4.69) is 15.9 Å². The van der Waals surface area contributed by atoms with Crippen molar-refractivity contribution in [1.82, 2.24) is 9.88 Å². The van der Waals surface area contributed by atoms with Crippen molar-refractivity contribution in [2.45, 2.75) is 25.2 Å². The average molecular weight is 371 g/mol. The highest BCUT2D eigenvalue weighted by atomic mass is 79.9. The quantitative estimate of drug-likeness (QED) is 0.813. The molecule has 0 bridgehead atoms. The van der Waals surface area contributed by atoms with Gasteiger partial charge in [-0.3, -0.25) is 9.59 Å². The summed E-state index contributed by atoms with van der Waals surface area (Å²) in [4.78, 5) is 33.7. The van der Waals surface area contributed by atoms with Crippen LogP contribution in [0.1, 0.15) is 6.42 Å². The van der Waals surface area contributed by atoms with Crippen LogP contribution in [0.15, 0.2) is 27.6 Å². The maximum Gasteiger partial charge on any atom is 0.391 e. The van der Waals surface area contributed by atoms with Crippen LogP contribution in [0.5, 0.6) is 0 Å². The normalized spacial score (nSPS) is 12.8. The number of rotatable bonds is 5. The van der Waals surface area contributed by atoms with Crippen LogP contribution >= 0.6 is 15.9 Å². The number of carbonyl (C=O) groups excluding carboxylic acids is 1. The number of alkyl halides is 3. The molecule has 1 aromatic rings. The van der Waals surface area contributed by atoms with Gasteiger partial charge in [-0.15, -0.1) is 0 Å². The lowest BCUT2D eigenvalue weighted by atomic mass is 10.2. The van der Waals surface area contributed by atoms with Crippen LogP contribution in [0.2, 0.25) is 0 Å². The van der Waals surface area contributed by atoms with E-state index in [1.54, 1.807) is 5.32 Å². The minimum atomic E-state index is -4.73. The van der Waals surface area contributed by atoms with Crippen molar-refractivity contribution in [1.29, 1.82) is 0 Å². The molecule has 10 heteroatoms. The third-order valence-electron chi connectivity index (χ3n) is 2.33. The van der Waals surface area contributed by atoms with E-state index in [0.717, 1.165) is 10.6 Å². The lowest BCUT2D eigenvalue weighted by molar-refractivity contribution is -0.160. The number of hydrogen-bond donors (Lipinski definition) is 2. The van der Waals surface area contributed by atoms with Crippen molar-refractivity contribution >= 4 is 27.8 Å². The summed E-state index contributed by atoms with van der Waals surface area (Å²) in [5.41, 5.74) is -0.545. The Morgan fingerprint density at radius 2 is 2.00 bits per heavy atom. The number of hydrogen-bond acceptors (Lipinski definition) is 3. The Bertz CT molecular complexity index is 600. The second-order valence-electron chi connectivity index (χ2n) is 4.09. The number of aliphatic carboxylic acids is 1. The van der Waals surface area contributed by atoms with Gasteiger partial charge < -0.3 is 15.0 Å². The van der Waals surface area contributed by atoms with Gasteiger partial charge in [0.25, 0.3) is 5.56 Å². The van der Waals surface area contributed by atoms with Gasteiger partial charge in [0.2, 0.25) is 5.91 Å². The van der Waals surface area contributed by atoms with Crippen LogP contribution in [0.4, 0.5) is 13.2 Å². The van der Waals surface area contributed by atoms with E-state index < -0.39 is 42.6 Å². The highest BCUT2D eigenvalue weighted by Crippen LogP contribution is 2.21. The topological polar surface area (TPSA) is 88.4 Å². The Morgan fingerprint density at radius 1 is 1.38 bits per heavy atom. The maximum absolute atomic E-state index is 12.2. The lowest BCUT2D eigenvalue weighted by Gasteiger charge is -2.16. The number of pyridine rings is 1. The molecule has 1 unspecified atom stereocenters. The van der Waals surface area contributed by atoms with Gasteiger partial charge in [-0.2, -0.15) is 13.2 Å². The van der Waals surface area contributed by atoms with Crippen molar-refractivity contribution in [2.24, 2.45) is 0 Å². The van der Waals surface area contributed by atoms with E-state index in [1.165, 1.54) is 12.3 Å². The molecule has 0 radical (unpaired) electrons. The van der Waals surface area contributed by atoms with Crippen LogP contribution in [-0.2, 0) is 16.1 Å². The summed E-state index contributed by atoms with van der Waals surface area (Å²) in [6, 6.07) is 0.489. The number of halogens is 4. The van der Waals surface area contributed by atoms with Crippen molar-refractivity contribution in [3.05, 3.63) is 33.2 Å². The molecular weight excluding hydrogens is 361 g/mol. The number of carboxylic acids is 1. The first-order valence-corrected chi connectivity index (χ1v) is 6.33. The first-order chi connectivity index (χ1) is 9.58. The summed E-state index contributed by atoms with van der Waals surface area (Å²) in [5, 5.41) is 10.4. The number of amides is 1. The van der Waals surface area contributed by atoms with Gasteiger partial charge in [0.05, 0.1) is 6.42 Å². The third kappa shape index (κ3) is 5.98. The van der Waals surface area contributed by atoms with Crippen LogP contribution < -0.4 is 10.9 Å². The number of aromatic nitrogens is 1. The van der Waals surface area contributed by atoms with E-state index >= 15 is 0 Å². The second-order valence-corrected chi connectivity index (χ2v) is 5.01. The molecule has 0 spiro atoms. The lowest BCUT2D eigenvalue weighted by Crippen LogP contribution is -2.45. The fraction of sp³-hybridized carbons (Fsp3) is 0.364. The molecule has 0 aliphatic heterocycles. The molecule has 21 heavy (non-hydrogen) atoms. The summed E-state index contributed by atoms with van der Waals surface area (Å²) >= 11 is 3.07. The minimum Gasteiger partial charge on any atom is -0.480 e. The summed E-state index contributed by atoms with van der Waals surface area (Å²) < 4.78 is 38.0. The van der Waals surface area contributed by atoms with E-state index in [0.29, 0.717) is 4.47 Å². The van der Waals surface area contributed by atoms with Gasteiger partial charge in [0.15, 0.2) is 0 Å². The molecule has 2 N–H and O–H groups in total. The van der Waals surface area contributed by atoms with E-state index in [4.69, 9.17) is 5.11 Å². The second kappa shape index (κ2) is 6.74. The number of nitrogens with one attached hydrogen (secondary N) is 1. The van der Waals surface area contributed by atoms with Gasteiger partial charge in [-0.05, 0) is 22.0 Å². The van der Waals surface area contributed by atoms with Crippen LogP contribution in [0.25, 0.3) is 0 Å². The summed E-state index contributed by atoms with van der Waals surface area (Å²) in [5.74, 6) is -2.81. The Kier molecular flexibility index (Phi) is 5.53. The van der Waals surface area contributed by atoms with Crippen molar-refractivity contribution < 1.29 is 27.9 Å². The predicted octanol–water partition coefficient (Wildman–Crippen LogP) is 1.13. The largest absolute Gasteiger partial charge is 0.480 e. The molecule has 0 aliphatic carbocycles. The Balaban J connectivity index is 2.77. The predicted molar refractivity (Wildman–Crippen MR) is 68.6 cm³/mol. The molecule has 1 rings (SSSR count). The fourth-order valence-electron chi connectivity index (χ4n) is 1.45. The standard InChI is InChI=1S/C11H10BrF3N2O4/c12-6-1-2-9(19)17(4-6)5-8(18)16-7(10(20)21)3-11(13,14)15/h1-2,4,7H,3,5H2,(H,16,18)(H,20,21). The molecule has 116 valence electrons. The van der Waals surface area contributed by atoms with Gasteiger partial charge >= 0.3 is 12.1 Å². The van der Waals surface area contributed by atoms with E-state index in [9.17, 15) is 27.6 Å². The first kappa shape index (κ1) is 17.2. The molecule has 1 atom stereocenters. The van der Waals surface area contributed by atoms with E-state index in [-0.39, 0.29) is 0 Å². The SMILES string of the molecule is O=C(Cn1cc(Br)ccc1=O)NC(CC(F)(F)F)C(=O)O. The molecule has 0 aliphatic rings.